The average molecular weight is 603 g/mol. The number of aromatic nitrogens is 4. The first kappa shape index (κ1) is 29.2. The van der Waals surface area contributed by atoms with E-state index in [0.717, 1.165) is 16.8 Å². The minimum absolute atomic E-state index is 0.0970. The number of hydrogen-bond donors (Lipinski definition) is 1. The number of halogens is 1. The van der Waals surface area contributed by atoms with Crippen LogP contribution >= 0.6 is 11.6 Å². The summed E-state index contributed by atoms with van der Waals surface area (Å²) in [6.07, 6.45) is 4.99. The van der Waals surface area contributed by atoms with Crippen molar-refractivity contribution in [2.75, 3.05) is 29.5 Å². The van der Waals surface area contributed by atoms with Crippen LogP contribution in [0, 0.1) is 0 Å². The number of rotatable bonds is 10. The van der Waals surface area contributed by atoms with Crippen LogP contribution in [-0.2, 0) is 32.0 Å². The molecule has 1 atom stereocenters. The van der Waals surface area contributed by atoms with Crippen LogP contribution < -0.4 is 10.2 Å². The van der Waals surface area contributed by atoms with Crippen molar-refractivity contribution in [2.45, 2.75) is 18.9 Å². The Morgan fingerprint density at radius 1 is 1.02 bits per heavy atom. The first-order valence-electron chi connectivity index (χ1n) is 13.5. The van der Waals surface area contributed by atoms with Gasteiger partial charge in [-0.1, -0.05) is 54.1 Å². The average Bonchev–Trinajstić information content (AvgIpc) is 3.52. The smallest absolute Gasteiger partial charge is 0.244 e. The zero-order valence-corrected chi connectivity index (χ0v) is 24.5. The number of carbonyl (C=O) groups is 2. The molecule has 0 bridgehead atoms. The second kappa shape index (κ2) is 13.1. The largest absolute Gasteiger partial charge is 0.370 e. The number of benzene rings is 3. The highest BCUT2D eigenvalue weighted by Gasteiger charge is 2.22. The molecule has 42 heavy (non-hydrogen) atoms. The van der Waals surface area contributed by atoms with E-state index in [9.17, 15) is 13.8 Å². The van der Waals surface area contributed by atoms with Gasteiger partial charge in [-0.05, 0) is 79.8 Å². The SMILES string of the molecule is C=S1(=O)CCN(c2ccc(CC(=O)[C@H](Cc3ccccc3)NC(=O)/C=C/c3cc(Cl)ccc3-n3cnnn3)cc2)CC1. The maximum absolute atomic E-state index is 13.5. The molecule has 0 aliphatic carbocycles. The molecular weight excluding hydrogens is 572 g/mol. The molecule has 9 nitrogen and oxygen atoms in total. The Morgan fingerprint density at radius 3 is 2.45 bits per heavy atom. The van der Waals surface area contributed by atoms with Gasteiger partial charge in [-0.2, -0.15) is 4.68 Å². The number of tetrazole rings is 1. The summed E-state index contributed by atoms with van der Waals surface area (Å²) in [6, 6.07) is 21.9. The van der Waals surface area contributed by atoms with Crippen LogP contribution in [0.1, 0.15) is 16.7 Å². The van der Waals surface area contributed by atoms with E-state index < -0.39 is 21.5 Å². The lowest BCUT2D eigenvalue weighted by atomic mass is 9.97. The van der Waals surface area contributed by atoms with Crippen molar-refractivity contribution < 1.29 is 13.8 Å². The summed E-state index contributed by atoms with van der Waals surface area (Å²) in [5.74, 6) is 4.49. The van der Waals surface area contributed by atoms with Gasteiger partial charge >= 0.3 is 0 Å². The van der Waals surface area contributed by atoms with Crippen LogP contribution in [0.15, 0.2) is 85.2 Å². The van der Waals surface area contributed by atoms with Crippen molar-refractivity contribution in [3.63, 3.8) is 0 Å². The fraction of sp³-hybridized carbons (Fsp3) is 0.226. The number of nitrogens with one attached hydrogen (secondary N) is 1. The Hall–Kier alpha value is -4.28. The summed E-state index contributed by atoms with van der Waals surface area (Å²) in [6.45, 7) is 1.40. The highest BCUT2D eigenvalue weighted by atomic mass is 35.5. The first-order chi connectivity index (χ1) is 20.3. The Bertz CT molecular complexity index is 1660. The van der Waals surface area contributed by atoms with Crippen molar-refractivity contribution in [2.24, 2.45) is 0 Å². The van der Waals surface area contributed by atoms with Gasteiger partial charge < -0.3 is 10.2 Å². The Labute approximate surface area is 250 Å². The molecule has 216 valence electrons. The molecule has 4 aromatic rings. The molecule has 1 aromatic heterocycles. The number of nitrogens with zero attached hydrogens (tertiary/aromatic N) is 5. The van der Waals surface area contributed by atoms with Gasteiger partial charge in [-0.3, -0.25) is 13.8 Å². The molecule has 1 aliphatic heterocycles. The summed E-state index contributed by atoms with van der Waals surface area (Å²) in [5.41, 5.74) is 4.12. The standard InChI is InChI=1S/C31H31ClN6O3S/c1-42(41)17-15-37(16-18-42)27-11-7-24(8-12-27)20-30(39)28(19-23-5-3-2-4-6-23)34-31(40)14-9-25-21-26(32)10-13-29(25)38-22-33-35-36-38/h2-14,21-22,28H,1,15-20H2,(H,34,40)/b14-9+/t28-/m0/s1. The monoisotopic (exact) mass is 602 g/mol. The van der Waals surface area contributed by atoms with E-state index in [-0.39, 0.29) is 12.2 Å². The third-order valence-electron chi connectivity index (χ3n) is 7.13. The molecule has 11 heteroatoms. The number of ketones is 1. The molecule has 0 unspecified atom stereocenters. The van der Waals surface area contributed by atoms with Gasteiger partial charge in [0, 0.05) is 53.4 Å². The van der Waals surface area contributed by atoms with Crippen molar-refractivity contribution in [1.29, 1.82) is 0 Å². The van der Waals surface area contributed by atoms with Crippen LogP contribution in [0.4, 0.5) is 5.69 Å². The normalized spacial score (nSPS) is 15.4. The van der Waals surface area contributed by atoms with Gasteiger partial charge in [0.15, 0.2) is 5.78 Å². The Balaban J connectivity index is 1.28. The summed E-state index contributed by atoms with van der Waals surface area (Å²) in [5, 5.41) is 14.6. The first-order valence-corrected chi connectivity index (χ1v) is 15.9. The number of Topliss-reactive ketones (excluding diaryl/α,β-unsaturated/α-hetero) is 1. The van der Waals surface area contributed by atoms with E-state index in [1.54, 1.807) is 24.3 Å². The molecule has 1 aliphatic rings. The lowest BCUT2D eigenvalue weighted by molar-refractivity contribution is -0.125. The molecule has 0 saturated carbocycles. The van der Waals surface area contributed by atoms with Crippen LogP contribution in [-0.4, -0.2) is 72.6 Å². The molecule has 3 aromatic carbocycles. The van der Waals surface area contributed by atoms with Crippen LogP contribution in [0.3, 0.4) is 0 Å². The molecule has 1 amide bonds. The fourth-order valence-corrected chi connectivity index (χ4v) is 6.28. The molecule has 0 radical (unpaired) electrons. The lowest BCUT2D eigenvalue weighted by Crippen LogP contribution is -2.42. The maximum atomic E-state index is 13.5. The topological polar surface area (TPSA) is 110 Å². The zero-order valence-electron chi connectivity index (χ0n) is 22.9. The predicted molar refractivity (Wildman–Crippen MR) is 168 cm³/mol. The second-order valence-electron chi connectivity index (χ2n) is 10.2. The molecule has 1 N–H and O–H groups in total. The summed E-state index contributed by atoms with van der Waals surface area (Å²) >= 11 is 6.20. The van der Waals surface area contributed by atoms with Gasteiger partial charge in [0.25, 0.3) is 0 Å². The number of amides is 1. The molecule has 1 fully saturated rings. The predicted octanol–water partition coefficient (Wildman–Crippen LogP) is 3.40. The quantitative estimate of drug-likeness (QED) is 0.219. The molecule has 0 spiro atoms. The molecular formula is C31H31ClN6O3S. The summed E-state index contributed by atoms with van der Waals surface area (Å²) < 4.78 is 13.7. The Morgan fingerprint density at radius 2 is 1.76 bits per heavy atom. The number of hydrogen-bond acceptors (Lipinski definition) is 7. The van der Waals surface area contributed by atoms with Crippen LogP contribution in [0.2, 0.25) is 5.02 Å². The van der Waals surface area contributed by atoms with Crippen molar-refractivity contribution in [3.8, 4) is 5.69 Å². The van der Waals surface area contributed by atoms with E-state index in [1.807, 2.05) is 54.6 Å². The zero-order chi connectivity index (χ0) is 29.5. The van der Waals surface area contributed by atoms with E-state index in [4.69, 9.17) is 11.6 Å². The molecule has 1 saturated heterocycles. The highest BCUT2D eigenvalue weighted by Crippen LogP contribution is 2.21. The third kappa shape index (κ3) is 7.71. The van der Waals surface area contributed by atoms with Crippen molar-refractivity contribution >= 4 is 50.4 Å². The van der Waals surface area contributed by atoms with Crippen molar-refractivity contribution in [3.05, 3.63) is 107 Å². The van der Waals surface area contributed by atoms with Gasteiger partial charge in [-0.15, -0.1) is 5.10 Å². The summed E-state index contributed by atoms with van der Waals surface area (Å²) in [7, 11) is -1.97. The molecule has 5 rings (SSSR count). The highest BCUT2D eigenvalue weighted by molar-refractivity contribution is 8.00. The summed E-state index contributed by atoms with van der Waals surface area (Å²) in [4.78, 5) is 28.8. The van der Waals surface area contributed by atoms with E-state index in [1.165, 1.54) is 17.1 Å². The van der Waals surface area contributed by atoms with Gasteiger partial charge in [-0.25, -0.2) is 0 Å². The Kier molecular flexibility index (Phi) is 9.14. The van der Waals surface area contributed by atoms with Crippen LogP contribution in [0.25, 0.3) is 11.8 Å². The number of carbonyl (C=O) groups excluding carboxylic acids is 2. The van der Waals surface area contributed by atoms with Gasteiger partial charge in [0.05, 0.1) is 11.7 Å². The van der Waals surface area contributed by atoms with Crippen molar-refractivity contribution in [1.82, 2.24) is 25.5 Å². The van der Waals surface area contributed by atoms with E-state index in [2.05, 4.69) is 31.6 Å². The van der Waals surface area contributed by atoms with E-state index in [0.29, 0.717) is 47.3 Å². The van der Waals surface area contributed by atoms with Gasteiger partial charge in [0.2, 0.25) is 5.91 Å². The fourth-order valence-electron chi connectivity index (χ4n) is 4.79. The maximum Gasteiger partial charge on any atom is 0.244 e. The third-order valence-corrected chi connectivity index (χ3v) is 9.22. The van der Waals surface area contributed by atoms with Crippen LogP contribution in [0.5, 0.6) is 0 Å². The van der Waals surface area contributed by atoms with E-state index >= 15 is 0 Å². The minimum atomic E-state index is -1.97. The second-order valence-corrected chi connectivity index (χ2v) is 13.4. The lowest BCUT2D eigenvalue weighted by Gasteiger charge is -2.30. The minimum Gasteiger partial charge on any atom is -0.370 e. The van der Waals surface area contributed by atoms with Gasteiger partial charge in [0.1, 0.15) is 6.33 Å². The molecule has 2 heterocycles. The number of anilines is 1.